The van der Waals surface area contributed by atoms with Crippen molar-refractivity contribution in [2.24, 2.45) is 5.73 Å². The first kappa shape index (κ1) is 15.2. The molecule has 2 heterocycles. The Balaban J connectivity index is 2.21. The summed E-state index contributed by atoms with van der Waals surface area (Å²) in [5.74, 6) is 0.445. The Morgan fingerprint density at radius 1 is 1.40 bits per heavy atom. The number of hydrogen-bond acceptors (Lipinski definition) is 5. The molecule has 3 N–H and O–H groups in total. The molecule has 1 unspecified atom stereocenters. The van der Waals surface area contributed by atoms with E-state index in [1.807, 2.05) is 26.8 Å². The van der Waals surface area contributed by atoms with Crippen LogP contribution in [-0.2, 0) is 16.6 Å². The van der Waals surface area contributed by atoms with Crippen molar-refractivity contribution in [3.63, 3.8) is 0 Å². The lowest BCUT2D eigenvalue weighted by atomic mass is 10.1. The maximum Gasteiger partial charge on any atom is 0.274 e. The maximum absolute atomic E-state index is 12.2. The van der Waals surface area contributed by atoms with E-state index in [0.29, 0.717) is 5.76 Å². The van der Waals surface area contributed by atoms with Crippen molar-refractivity contribution in [2.75, 3.05) is 0 Å². The summed E-state index contributed by atoms with van der Waals surface area (Å²) >= 11 is 1.65. The number of rotatable bonds is 5. The van der Waals surface area contributed by atoms with Gasteiger partial charge in [-0.3, -0.25) is 0 Å². The Labute approximate surface area is 122 Å². The molecule has 0 saturated carbocycles. The van der Waals surface area contributed by atoms with E-state index >= 15 is 0 Å². The fourth-order valence-electron chi connectivity index (χ4n) is 2.05. The van der Waals surface area contributed by atoms with Gasteiger partial charge in [-0.15, -0.1) is 11.3 Å². The largest absolute Gasteiger partial charge is 0.447 e. The van der Waals surface area contributed by atoms with Gasteiger partial charge >= 0.3 is 0 Å². The van der Waals surface area contributed by atoms with E-state index in [2.05, 4.69) is 4.72 Å². The van der Waals surface area contributed by atoms with Crippen molar-refractivity contribution in [1.29, 1.82) is 0 Å². The lowest BCUT2D eigenvalue weighted by Gasteiger charge is -2.12. The van der Waals surface area contributed by atoms with Crippen LogP contribution < -0.4 is 10.5 Å². The minimum absolute atomic E-state index is 0.102. The predicted octanol–water partition coefficient (Wildman–Crippen LogP) is 2.46. The van der Waals surface area contributed by atoms with Crippen LogP contribution in [0.3, 0.4) is 0 Å². The van der Waals surface area contributed by atoms with Crippen LogP contribution >= 0.6 is 11.3 Å². The lowest BCUT2D eigenvalue weighted by Crippen LogP contribution is -2.26. The number of sulfonamides is 1. The molecule has 0 bridgehead atoms. The third-order valence-corrected chi connectivity index (χ3v) is 5.38. The Morgan fingerprint density at radius 3 is 2.60 bits per heavy atom. The van der Waals surface area contributed by atoms with Gasteiger partial charge in [0, 0.05) is 15.8 Å². The molecule has 1 atom stereocenters. The molecule has 2 rings (SSSR count). The zero-order valence-electron chi connectivity index (χ0n) is 11.6. The highest BCUT2D eigenvalue weighted by atomic mass is 32.2. The SMILES string of the molecule is Cc1cc(C(C)NS(=O)(=O)c2ccc(CN)o2)c(C)s1. The molecule has 0 aliphatic rings. The van der Waals surface area contributed by atoms with E-state index < -0.39 is 10.0 Å². The first-order valence-electron chi connectivity index (χ1n) is 6.21. The van der Waals surface area contributed by atoms with Crippen LogP contribution in [0.1, 0.15) is 34.0 Å². The van der Waals surface area contributed by atoms with Gasteiger partial charge in [-0.2, -0.15) is 0 Å². The number of nitrogens with two attached hydrogens (primary N) is 1. The average Bonchev–Trinajstić information content (AvgIpc) is 2.95. The molecular weight excluding hydrogens is 296 g/mol. The van der Waals surface area contributed by atoms with Crippen LogP contribution in [0.15, 0.2) is 27.7 Å². The second-order valence-electron chi connectivity index (χ2n) is 4.64. The summed E-state index contributed by atoms with van der Waals surface area (Å²) in [6.45, 7) is 5.98. The van der Waals surface area contributed by atoms with Crippen molar-refractivity contribution < 1.29 is 12.8 Å². The molecule has 0 saturated heterocycles. The minimum Gasteiger partial charge on any atom is -0.447 e. The summed E-state index contributed by atoms with van der Waals surface area (Å²) in [5.41, 5.74) is 6.40. The van der Waals surface area contributed by atoms with Crippen LogP contribution in [0, 0.1) is 13.8 Å². The predicted molar refractivity (Wildman–Crippen MR) is 79.1 cm³/mol. The van der Waals surface area contributed by atoms with Gasteiger partial charge in [0.15, 0.2) is 0 Å². The van der Waals surface area contributed by atoms with Gasteiger partial charge in [0.05, 0.1) is 6.54 Å². The van der Waals surface area contributed by atoms with Crippen molar-refractivity contribution in [3.8, 4) is 0 Å². The molecule has 0 aliphatic carbocycles. The van der Waals surface area contributed by atoms with E-state index in [1.165, 1.54) is 6.07 Å². The smallest absolute Gasteiger partial charge is 0.274 e. The molecular formula is C13H18N2O3S2. The molecule has 0 spiro atoms. The van der Waals surface area contributed by atoms with Gasteiger partial charge in [-0.05, 0) is 44.5 Å². The number of nitrogens with one attached hydrogen (secondary N) is 1. The van der Waals surface area contributed by atoms with Crippen molar-refractivity contribution in [1.82, 2.24) is 4.72 Å². The van der Waals surface area contributed by atoms with Crippen LogP contribution in [-0.4, -0.2) is 8.42 Å². The molecule has 0 fully saturated rings. The van der Waals surface area contributed by atoms with E-state index in [0.717, 1.165) is 15.3 Å². The Kier molecular flexibility index (Phi) is 4.33. The van der Waals surface area contributed by atoms with Gasteiger partial charge in [0.1, 0.15) is 5.76 Å². The molecule has 0 aromatic carbocycles. The summed E-state index contributed by atoms with van der Waals surface area (Å²) in [4.78, 5) is 2.27. The number of furan rings is 1. The molecule has 0 amide bonds. The van der Waals surface area contributed by atoms with Gasteiger partial charge in [-0.25, -0.2) is 13.1 Å². The highest BCUT2D eigenvalue weighted by Gasteiger charge is 2.23. The average molecular weight is 314 g/mol. The Morgan fingerprint density at radius 2 is 2.10 bits per heavy atom. The molecule has 20 heavy (non-hydrogen) atoms. The number of aryl methyl sites for hydroxylation is 2. The van der Waals surface area contributed by atoms with Gasteiger partial charge in [-0.1, -0.05) is 0 Å². The molecule has 2 aromatic rings. The topological polar surface area (TPSA) is 85.3 Å². The van der Waals surface area contributed by atoms with Crippen molar-refractivity contribution in [2.45, 2.75) is 38.5 Å². The van der Waals surface area contributed by atoms with E-state index in [4.69, 9.17) is 10.2 Å². The quantitative estimate of drug-likeness (QED) is 0.887. The van der Waals surface area contributed by atoms with E-state index in [-0.39, 0.29) is 17.7 Å². The summed E-state index contributed by atoms with van der Waals surface area (Å²) in [5, 5.41) is -0.102. The fourth-order valence-corrected chi connectivity index (χ4v) is 4.24. The summed E-state index contributed by atoms with van der Waals surface area (Å²) < 4.78 is 32.3. The monoisotopic (exact) mass is 314 g/mol. The highest BCUT2D eigenvalue weighted by Crippen LogP contribution is 2.27. The Hall–Kier alpha value is -1.15. The highest BCUT2D eigenvalue weighted by molar-refractivity contribution is 7.89. The molecule has 2 aromatic heterocycles. The molecule has 5 nitrogen and oxygen atoms in total. The summed E-state index contributed by atoms with van der Waals surface area (Å²) in [6.07, 6.45) is 0. The van der Waals surface area contributed by atoms with Gasteiger partial charge in [0.2, 0.25) is 5.09 Å². The third kappa shape index (κ3) is 3.12. The van der Waals surface area contributed by atoms with Crippen LogP contribution in [0.2, 0.25) is 0 Å². The molecule has 0 radical (unpaired) electrons. The standard InChI is InChI=1S/C13H18N2O3S2/c1-8-6-12(10(3)19-8)9(2)15-20(16,17)13-5-4-11(7-14)18-13/h4-6,9,15H,7,14H2,1-3H3. The second kappa shape index (κ2) is 5.69. The lowest BCUT2D eigenvalue weighted by molar-refractivity contribution is 0.411. The third-order valence-electron chi connectivity index (χ3n) is 2.98. The maximum atomic E-state index is 12.2. The fraction of sp³-hybridized carbons (Fsp3) is 0.385. The normalized spacial score (nSPS) is 13.6. The number of hydrogen-bond donors (Lipinski definition) is 2. The van der Waals surface area contributed by atoms with E-state index in [1.54, 1.807) is 17.4 Å². The zero-order valence-corrected chi connectivity index (χ0v) is 13.3. The first-order chi connectivity index (χ1) is 9.33. The number of thiophene rings is 1. The van der Waals surface area contributed by atoms with Crippen LogP contribution in [0.4, 0.5) is 0 Å². The molecule has 7 heteroatoms. The van der Waals surface area contributed by atoms with Gasteiger partial charge in [0.25, 0.3) is 10.0 Å². The summed E-state index contributed by atoms with van der Waals surface area (Å²) in [6, 6.07) is 4.68. The van der Waals surface area contributed by atoms with Crippen molar-refractivity contribution >= 4 is 21.4 Å². The van der Waals surface area contributed by atoms with Crippen LogP contribution in [0.5, 0.6) is 0 Å². The van der Waals surface area contributed by atoms with E-state index in [9.17, 15) is 8.42 Å². The Bertz CT molecular complexity index is 701. The molecule has 0 aliphatic heterocycles. The van der Waals surface area contributed by atoms with Gasteiger partial charge < -0.3 is 10.2 Å². The minimum atomic E-state index is -3.67. The first-order valence-corrected chi connectivity index (χ1v) is 8.51. The zero-order chi connectivity index (χ0) is 14.9. The summed E-state index contributed by atoms with van der Waals surface area (Å²) in [7, 11) is -3.67. The molecule has 110 valence electrons. The van der Waals surface area contributed by atoms with Crippen molar-refractivity contribution in [3.05, 3.63) is 39.3 Å². The second-order valence-corrected chi connectivity index (χ2v) is 7.74. The van der Waals surface area contributed by atoms with Crippen LogP contribution in [0.25, 0.3) is 0 Å².